The second-order valence-electron chi connectivity index (χ2n) is 5.28. The Labute approximate surface area is 129 Å². The fourth-order valence-corrected chi connectivity index (χ4v) is 4.78. The molecule has 1 aromatic carbocycles. The molecule has 1 fully saturated rings. The van der Waals surface area contributed by atoms with Crippen LogP contribution in [0.4, 0.5) is 4.39 Å². The molecule has 1 aliphatic rings. The quantitative estimate of drug-likeness (QED) is 0.736. The third-order valence-corrected chi connectivity index (χ3v) is 5.74. The van der Waals surface area contributed by atoms with E-state index in [1.807, 2.05) is 11.0 Å². The zero-order chi connectivity index (χ0) is 14.3. The van der Waals surface area contributed by atoms with Crippen molar-refractivity contribution in [2.75, 3.05) is 11.9 Å². The first-order valence-electron chi connectivity index (χ1n) is 6.66. The highest BCUT2D eigenvalue weighted by Gasteiger charge is 2.34. The van der Waals surface area contributed by atoms with E-state index < -0.39 is 0 Å². The van der Waals surface area contributed by atoms with Crippen molar-refractivity contribution in [1.82, 2.24) is 4.90 Å². The summed E-state index contributed by atoms with van der Waals surface area (Å²) in [5.41, 5.74) is 0. The zero-order valence-corrected chi connectivity index (χ0v) is 13.5. The monoisotopic (exact) mass is 355 g/mol. The van der Waals surface area contributed by atoms with Crippen LogP contribution in [0.5, 0.6) is 0 Å². The summed E-state index contributed by atoms with van der Waals surface area (Å²) in [4.78, 5) is 15.3. The van der Waals surface area contributed by atoms with E-state index in [0.29, 0.717) is 10.8 Å². The van der Waals surface area contributed by atoms with Crippen molar-refractivity contribution in [1.29, 1.82) is 0 Å². The average molecular weight is 356 g/mol. The predicted octanol–water partition coefficient (Wildman–Crippen LogP) is 4.29. The number of hydrogen-bond donors (Lipinski definition) is 0. The molecule has 0 saturated carbocycles. The lowest BCUT2D eigenvalue weighted by Crippen LogP contribution is -2.38. The molecule has 2 heterocycles. The Morgan fingerprint density at radius 3 is 3.05 bits per heavy atom. The van der Waals surface area contributed by atoms with E-state index in [-0.39, 0.29) is 17.8 Å². The summed E-state index contributed by atoms with van der Waals surface area (Å²) >= 11 is 4.88. The molecule has 1 amide bonds. The van der Waals surface area contributed by atoms with Crippen LogP contribution in [0.15, 0.2) is 24.3 Å². The molecule has 1 aromatic heterocycles. The number of nitrogens with zero attached hydrogens (tertiary/aromatic N) is 1. The lowest BCUT2D eigenvalue weighted by atomic mass is 10.1. The normalized spacial score (nSPS) is 22.6. The molecule has 1 saturated heterocycles. The van der Waals surface area contributed by atoms with Crippen molar-refractivity contribution in [3.63, 3.8) is 0 Å². The first-order chi connectivity index (χ1) is 9.60. The van der Waals surface area contributed by atoms with Crippen LogP contribution >= 0.6 is 27.3 Å². The van der Waals surface area contributed by atoms with E-state index in [9.17, 15) is 9.18 Å². The van der Waals surface area contributed by atoms with Crippen LogP contribution in [0.2, 0.25) is 0 Å². The van der Waals surface area contributed by atoms with Gasteiger partial charge in [0.05, 0.1) is 4.88 Å². The molecule has 20 heavy (non-hydrogen) atoms. The lowest BCUT2D eigenvalue weighted by molar-refractivity contribution is 0.0743. The third kappa shape index (κ3) is 2.37. The van der Waals surface area contributed by atoms with Gasteiger partial charge in [-0.1, -0.05) is 28.9 Å². The summed E-state index contributed by atoms with van der Waals surface area (Å²) in [7, 11) is 0. The van der Waals surface area contributed by atoms with E-state index in [1.165, 1.54) is 23.5 Å². The zero-order valence-electron chi connectivity index (χ0n) is 11.1. The average Bonchev–Trinajstić information content (AvgIpc) is 3.00. The smallest absolute Gasteiger partial charge is 0.264 e. The van der Waals surface area contributed by atoms with Crippen LogP contribution in [0.25, 0.3) is 10.1 Å². The summed E-state index contributed by atoms with van der Waals surface area (Å²) in [5.74, 6) is 0.331. The molecule has 2 atom stereocenters. The van der Waals surface area contributed by atoms with Crippen LogP contribution in [0.3, 0.4) is 0 Å². The minimum atomic E-state index is -0.258. The number of amides is 1. The molecule has 2 aromatic rings. The van der Waals surface area contributed by atoms with Crippen LogP contribution in [-0.2, 0) is 0 Å². The molecule has 5 heteroatoms. The van der Waals surface area contributed by atoms with Crippen molar-refractivity contribution in [2.45, 2.75) is 19.4 Å². The number of fused-ring (bicyclic) bond motifs is 1. The second-order valence-corrected chi connectivity index (χ2v) is 7.01. The number of likely N-dealkylation sites (tertiary alicyclic amines) is 1. The minimum Gasteiger partial charge on any atom is -0.334 e. The fourth-order valence-electron chi connectivity index (χ4n) is 2.75. The highest BCUT2D eigenvalue weighted by molar-refractivity contribution is 9.09. The summed E-state index contributed by atoms with van der Waals surface area (Å²) in [6.45, 7) is 2.98. The molecule has 0 radical (unpaired) electrons. The summed E-state index contributed by atoms with van der Waals surface area (Å²) in [5, 5.41) is 1.74. The highest BCUT2D eigenvalue weighted by Crippen LogP contribution is 2.31. The van der Waals surface area contributed by atoms with E-state index >= 15 is 0 Å². The Hall–Kier alpha value is -0.940. The SMILES string of the molecule is CC1CCN(C(=O)c2cc3ccc(F)cc3s2)C1CBr. The van der Waals surface area contributed by atoms with Gasteiger partial charge in [0.1, 0.15) is 5.82 Å². The molecule has 0 spiro atoms. The molecule has 0 N–H and O–H groups in total. The van der Waals surface area contributed by atoms with E-state index in [0.717, 1.165) is 28.4 Å². The largest absolute Gasteiger partial charge is 0.334 e. The Morgan fingerprint density at radius 1 is 1.50 bits per heavy atom. The van der Waals surface area contributed by atoms with Gasteiger partial charge >= 0.3 is 0 Å². The fraction of sp³-hybridized carbons (Fsp3) is 0.400. The maximum absolute atomic E-state index is 13.2. The van der Waals surface area contributed by atoms with E-state index in [2.05, 4.69) is 22.9 Å². The minimum absolute atomic E-state index is 0.0698. The molecular formula is C15H15BrFNOS. The van der Waals surface area contributed by atoms with Gasteiger partial charge in [0.2, 0.25) is 0 Å². The third-order valence-electron chi connectivity index (χ3n) is 3.99. The molecule has 106 valence electrons. The van der Waals surface area contributed by atoms with Gasteiger partial charge in [0, 0.05) is 22.6 Å². The number of carbonyl (C=O) groups is 1. The van der Waals surface area contributed by atoms with Gasteiger partial charge in [-0.05, 0) is 35.9 Å². The maximum atomic E-state index is 13.2. The van der Waals surface area contributed by atoms with Crippen molar-refractivity contribution in [3.8, 4) is 0 Å². The predicted molar refractivity (Wildman–Crippen MR) is 84.2 cm³/mol. The van der Waals surface area contributed by atoms with Crippen molar-refractivity contribution < 1.29 is 9.18 Å². The second kappa shape index (κ2) is 5.45. The summed E-state index contributed by atoms with van der Waals surface area (Å²) in [6.07, 6.45) is 1.04. The molecule has 2 unspecified atom stereocenters. The number of alkyl halides is 1. The van der Waals surface area contributed by atoms with Crippen LogP contribution in [-0.4, -0.2) is 28.7 Å². The first-order valence-corrected chi connectivity index (χ1v) is 8.60. The van der Waals surface area contributed by atoms with Gasteiger partial charge in [-0.3, -0.25) is 4.79 Å². The molecular weight excluding hydrogens is 341 g/mol. The number of halogens is 2. The van der Waals surface area contributed by atoms with E-state index in [4.69, 9.17) is 0 Å². The Kier molecular flexibility index (Phi) is 3.82. The highest BCUT2D eigenvalue weighted by atomic mass is 79.9. The molecule has 0 aliphatic carbocycles. The molecule has 2 nitrogen and oxygen atoms in total. The molecule has 1 aliphatic heterocycles. The van der Waals surface area contributed by atoms with Crippen LogP contribution in [0.1, 0.15) is 23.0 Å². The number of rotatable bonds is 2. The van der Waals surface area contributed by atoms with Crippen molar-refractivity contribution in [3.05, 3.63) is 35.0 Å². The topological polar surface area (TPSA) is 20.3 Å². The lowest BCUT2D eigenvalue weighted by Gasteiger charge is -2.24. The Bertz CT molecular complexity index is 656. The maximum Gasteiger partial charge on any atom is 0.264 e. The molecule has 0 bridgehead atoms. The van der Waals surface area contributed by atoms with Crippen molar-refractivity contribution in [2.24, 2.45) is 5.92 Å². The number of carbonyl (C=O) groups excluding carboxylic acids is 1. The Balaban J connectivity index is 1.92. The number of hydrogen-bond acceptors (Lipinski definition) is 2. The number of thiophene rings is 1. The standard InChI is InChI=1S/C15H15BrFNOS/c1-9-4-5-18(12(9)8-16)15(19)14-6-10-2-3-11(17)7-13(10)20-14/h2-3,6-7,9,12H,4-5,8H2,1H3. The van der Waals surface area contributed by atoms with Gasteiger partial charge in [0.25, 0.3) is 5.91 Å². The number of benzene rings is 1. The van der Waals surface area contributed by atoms with Crippen LogP contribution in [0, 0.1) is 11.7 Å². The first kappa shape index (κ1) is 14.0. The van der Waals surface area contributed by atoms with Gasteiger partial charge in [-0.15, -0.1) is 11.3 Å². The van der Waals surface area contributed by atoms with Gasteiger partial charge in [-0.2, -0.15) is 0 Å². The summed E-state index contributed by atoms with van der Waals surface area (Å²) < 4.78 is 14.1. The van der Waals surface area contributed by atoms with Gasteiger partial charge in [-0.25, -0.2) is 4.39 Å². The molecule has 3 rings (SSSR count). The van der Waals surface area contributed by atoms with Gasteiger partial charge in [0.15, 0.2) is 0 Å². The van der Waals surface area contributed by atoms with Gasteiger partial charge < -0.3 is 4.90 Å². The Morgan fingerprint density at radius 2 is 2.30 bits per heavy atom. The van der Waals surface area contributed by atoms with Crippen molar-refractivity contribution >= 4 is 43.3 Å². The van der Waals surface area contributed by atoms with E-state index in [1.54, 1.807) is 6.07 Å². The summed E-state index contributed by atoms with van der Waals surface area (Å²) in [6, 6.07) is 6.78. The van der Waals surface area contributed by atoms with Crippen LogP contribution < -0.4 is 0 Å².